The molecule has 4 nitrogen and oxygen atoms in total. The van der Waals surface area contributed by atoms with Crippen LogP contribution in [0.3, 0.4) is 0 Å². The standard InChI is InChI=1S/C16H13BrClN3OS/c1-20(10-11-5-7-13(17)23-11)15(22)8-6-12-16(18)19-14-4-2-3-9-21(12)14/h2-9H,10H2,1H3/b8-6+. The van der Waals surface area contributed by atoms with E-state index in [0.717, 1.165) is 14.3 Å². The number of amides is 1. The van der Waals surface area contributed by atoms with Crippen LogP contribution in [0.15, 0.2) is 46.4 Å². The molecule has 0 aliphatic carbocycles. The Hall–Kier alpha value is -1.63. The molecular formula is C16H13BrClN3OS. The Kier molecular flexibility index (Phi) is 4.84. The van der Waals surface area contributed by atoms with E-state index in [9.17, 15) is 4.79 Å². The van der Waals surface area contributed by atoms with Gasteiger partial charge in [0, 0.05) is 24.2 Å². The molecule has 0 aliphatic heterocycles. The van der Waals surface area contributed by atoms with Crippen LogP contribution < -0.4 is 0 Å². The average Bonchev–Trinajstić information content (AvgIpc) is 3.07. The number of fused-ring (bicyclic) bond motifs is 1. The van der Waals surface area contributed by atoms with Crippen molar-refractivity contribution in [1.29, 1.82) is 0 Å². The molecule has 0 unspecified atom stereocenters. The number of carbonyl (C=O) groups excluding carboxylic acids is 1. The van der Waals surface area contributed by atoms with E-state index in [1.165, 1.54) is 6.08 Å². The van der Waals surface area contributed by atoms with Crippen LogP contribution in [0.25, 0.3) is 11.7 Å². The molecule has 7 heteroatoms. The summed E-state index contributed by atoms with van der Waals surface area (Å²) in [6, 6.07) is 9.64. The van der Waals surface area contributed by atoms with E-state index in [4.69, 9.17) is 11.6 Å². The topological polar surface area (TPSA) is 37.6 Å². The Labute approximate surface area is 151 Å². The molecule has 0 fully saturated rings. The van der Waals surface area contributed by atoms with Gasteiger partial charge in [0.15, 0.2) is 5.15 Å². The molecule has 3 aromatic rings. The fourth-order valence-electron chi connectivity index (χ4n) is 2.16. The van der Waals surface area contributed by atoms with Crippen molar-refractivity contribution < 1.29 is 4.79 Å². The predicted molar refractivity (Wildman–Crippen MR) is 97.7 cm³/mol. The second kappa shape index (κ2) is 6.86. The highest BCUT2D eigenvalue weighted by Crippen LogP contribution is 2.23. The third kappa shape index (κ3) is 3.65. The maximum absolute atomic E-state index is 12.3. The Bertz CT molecular complexity index is 886. The number of hydrogen-bond donors (Lipinski definition) is 0. The van der Waals surface area contributed by atoms with Gasteiger partial charge < -0.3 is 4.90 Å². The maximum atomic E-state index is 12.3. The SMILES string of the molecule is CN(Cc1ccc(Br)s1)C(=O)/C=C/c1c(Cl)nc2ccccn12. The van der Waals surface area contributed by atoms with Gasteiger partial charge in [-0.05, 0) is 46.3 Å². The Morgan fingerprint density at radius 2 is 2.26 bits per heavy atom. The molecule has 0 bridgehead atoms. The number of pyridine rings is 1. The van der Waals surface area contributed by atoms with E-state index in [1.807, 2.05) is 40.9 Å². The van der Waals surface area contributed by atoms with E-state index >= 15 is 0 Å². The van der Waals surface area contributed by atoms with Crippen molar-refractivity contribution in [3.8, 4) is 0 Å². The molecule has 3 heterocycles. The van der Waals surface area contributed by atoms with E-state index in [1.54, 1.807) is 29.4 Å². The first-order valence-corrected chi connectivity index (χ1v) is 8.83. The zero-order chi connectivity index (χ0) is 16.4. The Morgan fingerprint density at radius 1 is 1.43 bits per heavy atom. The fourth-order valence-corrected chi connectivity index (χ4v) is 3.94. The number of nitrogens with zero attached hydrogens (tertiary/aromatic N) is 3. The zero-order valence-corrected chi connectivity index (χ0v) is 15.4. The van der Waals surface area contributed by atoms with Crippen molar-refractivity contribution in [3.05, 3.63) is 62.1 Å². The highest BCUT2D eigenvalue weighted by Gasteiger charge is 2.10. The van der Waals surface area contributed by atoms with Gasteiger partial charge in [-0.2, -0.15) is 0 Å². The monoisotopic (exact) mass is 409 g/mol. The molecule has 0 saturated heterocycles. The maximum Gasteiger partial charge on any atom is 0.246 e. The smallest absolute Gasteiger partial charge is 0.246 e. The second-order valence-corrected chi connectivity index (χ2v) is 7.86. The lowest BCUT2D eigenvalue weighted by atomic mass is 10.3. The number of thiophene rings is 1. The minimum absolute atomic E-state index is 0.0866. The molecule has 1 amide bonds. The second-order valence-electron chi connectivity index (χ2n) is 4.95. The first kappa shape index (κ1) is 16.2. The van der Waals surface area contributed by atoms with Crippen LogP contribution in [0.5, 0.6) is 0 Å². The van der Waals surface area contributed by atoms with Gasteiger partial charge in [0.2, 0.25) is 5.91 Å². The molecule has 118 valence electrons. The van der Waals surface area contributed by atoms with Crippen LogP contribution in [-0.2, 0) is 11.3 Å². The molecule has 3 rings (SSSR count). The first-order chi connectivity index (χ1) is 11.0. The summed E-state index contributed by atoms with van der Waals surface area (Å²) in [6.45, 7) is 0.570. The molecule has 0 saturated carbocycles. The van der Waals surface area contributed by atoms with Gasteiger partial charge in [-0.25, -0.2) is 4.98 Å². The van der Waals surface area contributed by atoms with Crippen molar-refractivity contribution in [2.75, 3.05) is 7.05 Å². The lowest BCUT2D eigenvalue weighted by molar-refractivity contribution is -0.125. The van der Waals surface area contributed by atoms with Gasteiger partial charge in [-0.3, -0.25) is 9.20 Å². The number of rotatable bonds is 4. The van der Waals surface area contributed by atoms with E-state index in [2.05, 4.69) is 20.9 Å². The summed E-state index contributed by atoms with van der Waals surface area (Å²) < 4.78 is 2.91. The third-order valence-electron chi connectivity index (χ3n) is 3.30. The highest BCUT2D eigenvalue weighted by molar-refractivity contribution is 9.11. The van der Waals surface area contributed by atoms with Gasteiger partial charge in [-0.1, -0.05) is 17.7 Å². The molecule has 0 spiro atoms. The fraction of sp³-hybridized carbons (Fsp3) is 0.125. The Balaban J connectivity index is 1.75. The van der Waals surface area contributed by atoms with Gasteiger partial charge in [0.1, 0.15) is 5.65 Å². The van der Waals surface area contributed by atoms with Crippen molar-refractivity contribution in [1.82, 2.24) is 14.3 Å². The van der Waals surface area contributed by atoms with Crippen LogP contribution in [0.2, 0.25) is 5.15 Å². The van der Waals surface area contributed by atoms with Crippen molar-refractivity contribution in [2.45, 2.75) is 6.54 Å². The predicted octanol–water partition coefficient (Wildman–Crippen LogP) is 4.48. The van der Waals surface area contributed by atoms with Crippen LogP contribution >= 0.6 is 38.9 Å². The van der Waals surface area contributed by atoms with Crippen molar-refractivity contribution in [3.63, 3.8) is 0 Å². The molecule has 0 N–H and O–H groups in total. The molecule has 0 radical (unpaired) electrons. The molecule has 23 heavy (non-hydrogen) atoms. The average molecular weight is 411 g/mol. The van der Waals surface area contributed by atoms with Gasteiger partial charge in [0.25, 0.3) is 0 Å². The minimum atomic E-state index is -0.0866. The summed E-state index contributed by atoms with van der Waals surface area (Å²) in [5.74, 6) is -0.0866. The number of carbonyl (C=O) groups is 1. The molecular weight excluding hydrogens is 398 g/mol. The summed E-state index contributed by atoms with van der Waals surface area (Å²) in [7, 11) is 1.77. The van der Waals surface area contributed by atoms with Crippen LogP contribution in [0, 0.1) is 0 Å². The molecule has 3 aromatic heterocycles. The molecule has 0 aromatic carbocycles. The van der Waals surface area contributed by atoms with Gasteiger partial charge in [0.05, 0.1) is 16.0 Å². The Morgan fingerprint density at radius 3 is 3.00 bits per heavy atom. The van der Waals surface area contributed by atoms with Crippen molar-refractivity contribution in [2.24, 2.45) is 0 Å². The highest BCUT2D eigenvalue weighted by atomic mass is 79.9. The lowest BCUT2D eigenvalue weighted by Crippen LogP contribution is -2.23. The summed E-state index contributed by atoms with van der Waals surface area (Å²) in [4.78, 5) is 19.3. The van der Waals surface area contributed by atoms with Gasteiger partial charge >= 0.3 is 0 Å². The first-order valence-electron chi connectivity index (χ1n) is 6.84. The largest absolute Gasteiger partial charge is 0.337 e. The van der Waals surface area contributed by atoms with Gasteiger partial charge in [-0.15, -0.1) is 11.3 Å². The number of hydrogen-bond acceptors (Lipinski definition) is 3. The van der Waals surface area contributed by atoms with Crippen molar-refractivity contribution >= 4 is 56.5 Å². The summed E-state index contributed by atoms with van der Waals surface area (Å²) >= 11 is 11.2. The molecule has 0 atom stereocenters. The quantitative estimate of drug-likeness (QED) is 0.595. The van der Waals surface area contributed by atoms with Crippen LogP contribution in [-0.4, -0.2) is 27.2 Å². The minimum Gasteiger partial charge on any atom is -0.337 e. The summed E-state index contributed by atoms with van der Waals surface area (Å²) in [5, 5.41) is 0.380. The normalized spacial score (nSPS) is 11.4. The summed E-state index contributed by atoms with van der Waals surface area (Å²) in [6.07, 6.45) is 5.09. The third-order valence-corrected chi connectivity index (χ3v) is 5.19. The summed E-state index contributed by atoms with van der Waals surface area (Å²) in [5.41, 5.74) is 1.45. The van der Waals surface area contributed by atoms with E-state index in [-0.39, 0.29) is 5.91 Å². The molecule has 0 aliphatic rings. The van der Waals surface area contributed by atoms with E-state index < -0.39 is 0 Å². The number of halogens is 2. The zero-order valence-electron chi connectivity index (χ0n) is 12.2. The van der Waals surface area contributed by atoms with Crippen LogP contribution in [0.1, 0.15) is 10.6 Å². The number of likely N-dealkylation sites (N-methyl/N-ethyl adjacent to an activating group) is 1. The van der Waals surface area contributed by atoms with Crippen LogP contribution in [0.4, 0.5) is 0 Å². The number of imidazole rings is 1. The lowest BCUT2D eigenvalue weighted by Gasteiger charge is -2.13. The number of aromatic nitrogens is 2. The van der Waals surface area contributed by atoms with E-state index in [0.29, 0.717) is 17.4 Å².